The van der Waals surface area contributed by atoms with Crippen molar-refractivity contribution in [3.8, 4) is 5.88 Å². The maximum Gasteiger partial charge on any atom is 0.574 e. The second-order valence-electron chi connectivity index (χ2n) is 5.85. The molecule has 0 aliphatic carbocycles. The highest BCUT2D eigenvalue weighted by Gasteiger charge is 2.45. The summed E-state index contributed by atoms with van der Waals surface area (Å²) in [6.45, 7) is 4.26. The van der Waals surface area contributed by atoms with E-state index in [4.69, 9.17) is 4.84 Å². The van der Waals surface area contributed by atoms with Crippen molar-refractivity contribution in [1.82, 2.24) is 9.78 Å². The SMILES string of the molecule is Cc1nn(C)c(OC(F)(F)F)c1C(F)S(=O)(=O)C1=NOC(C)(C)C1. The minimum Gasteiger partial charge on any atom is -0.389 e. The van der Waals surface area contributed by atoms with Crippen LogP contribution in [0.15, 0.2) is 5.16 Å². The Morgan fingerprint density at radius 2 is 1.96 bits per heavy atom. The largest absolute Gasteiger partial charge is 0.574 e. The zero-order valence-corrected chi connectivity index (χ0v) is 14.0. The number of aryl methyl sites for hydroxylation is 2. The van der Waals surface area contributed by atoms with Crippen LogP contribution in [0.1, 0.15) is 37.0 Å². The van der Waals surface area contributed by atoms with Gasteiger partial charge in [-0.3, -0.25) is 0 Å². The molecule has 0 spiro atoms. The molecule has 12 heteroatoms. The van der Waals surface area contributed by atoms with Gasteiger partial charge in [0.05, 0.1) is 11.3 Å². The van der Waals surface area contributed by atoms with Crippen molar-refractivity contribution < 1.29 is 35.6 Å². The minimum atomic E-state index is -5.13. The number of nitrogens with zero attached hydrogens (tertiary/aromatic N) is 3. The summed E-state index contributed by atoms with van der Waals surface area (Å²) in [4.78, 5) is 4.88. The minimum absolute atomic E-state index is 0.204. The molecular weight excluding hydrogens is 358 g/mol. The molecule has 1 aromatic rings. The third-order valence-electron chi connectivity index (χ3n) is 3.23. The molecule has 0 saturated heterocycles. The van der Waals surface area contributed by atoms with Gasteiger partial charge in [-0.1, -0.05) is 5.16 Å². The number of alkyl halides is 4. The van der Waals surface area contributed by atoms with Gasteiger partial charge >= 0.3 is 6.36 Å². The lowest BCUT2D eigenvalue weighted by atomic mass is 10.1. The molecule has 1 aromatic heterocycles. The number of rotatable bonds is 3. The molecule has 0 aromatic carbocycles. The molecule has 0 amide bonds. The van der Waals surface area contributed by atoms with Gasteiger partial charge in [-0.15, -0.1) is 13.2 Å². The molecule has 1 unspecified atom stereocenters. The maximum atomic E-state index is 14.7. The van der Waals surface area contributed by atoms with E-state index in [1.165, 1.54) is 6.92 Å². The van der Waals surface area contributed by atoms with E-state index in [9.17, 15) is 26.0 Å². The molecule has 7 nitrogen and oxygen atoms in total. The average molecular weight is 373 g/mol. The van der Waals surface area contributed by atoms with E-state index in [0.717, 1.165) is 7.05 Å². The Balaban J connectivity index is 2.45. The monoisotopic (exact) mass is 373 g/mol. The van der Waals surface area contributed by atoms with Gasteiger partial charge in [-0.25, -0.2) is 17.5 Å². The normalized spacial score (nSPS) is 18.9. The smallest absolute Gasteiger partial charge is 0.389 e. The van der Waals surface area contributed by atoms with Crippen molar-refractivity contribution in [2.45, 2.75) is 44.7 Å². The van der Waals surface area contributed by atoms with Crippen LogP contribution in [-0.4, -0.2) is 35.2 Å². The van der Waals surface area contributed by atoms with Crippen molar-refractivity contribution >= 4 is 14.9 Å². The summed E-state index contributed by atoms with van der Waals surface area (Å²) < 4.78 is 81.2. The highest BCUT2D eigenvalue weighted by atomic mass is 32.2. The van der Waals surface area contributed by atoms with Gasteiger partial charge in [-0.2, -0.15) is 5.10 Å². The van der Waals surface area contributed by atoms with E-state index in [1.807, 2.05) is 0 Å². The molecule has 2 rings (SSSR count). The van der Waals surface area contributed by atoms with Crippen LogP contribution in [0, 0.1) is 6.92 Å². The van der Waals surface area contributed by atoms with Gasteiger partial charge in [0, 0.05) is 13.5 Å². The summed E-state index contributed by atoms with van der Waals surface area (Å²) in [5.74, 6) is -1.03. The number of oxime groups is 1. The molecule has 136 valence electrons. The van der Waals surface area contributed by atoms with Crippen molar-refractivity contribution in [2.75, 3.05) is 0 Å². The lowest BCUT2D eigenvalue weighted by Crippen LogP contribution is -2.26. The molecule has 1 aliphatic rings. The van der Waals surface area contributed by atoms with Crippen molar-refractivity contribution in [1.29, 1.82) is 0 Å². The van der Waals surface area contributed by atoms with E-state index < -0.39 is 43.8 Å². The van der Waals surface area contributed by atoms with Crippen molar-refractivity contribution in [2.24, 2.45) is 12.2 Å². The lowest BCUT2D eigenvalue weighted by molar-refractivity contribution is -0.277. The Morgan fingerprint density at radius 1 is 1.38 bits per heavy atom. The topological polar surface area (TPSA) is 82.8 Å². The predicted octanol–water partition coefficient (Wildman–Crippen LogP) is 2.52. The summed E-state index contributed by atoms with van der Waals surface area (Å²) in [6, 6.07) is 0. The van der Waals surface area contributed by atoms with Crippen molar-refractivity contribution in [3.63, 3.8) is 0 Å². The quantitative estimate of drug-likeness (QED) is 0.761. The third kappa shape index (κ3) is 3.47. The Hall–Kier alpha value is -1.85. The van der Waals surface area contributed by atoms with E-state index in [0.29, 0.717) is 4.68 Å². The average Bonchev–Trinajstić information content (AvgIpc) is 2.88. The van der Waals surface area contributed by atoms with Crippen LogP contribution in [0.4, 0.5) is 17.6 Å². The van der Waals surface area contributed by atoms with Gasteiger partial charge < -0.3 is 9.57 Å². The molecule has 2 heterocycles. The van der Waals surface area contributed by atoms with Crippen LogP contribution in [0.25, 0.3) is 0 Å². The first kappa shape index (κ1) is 18.5. The Kier molecular flexibility index (Phi) is 4.32. The van der Waals surface area contributed by atoms with Gasteiger partial charge in [0.15, 0.2) is 5.04 Å². The molecule has 0 radical (unpaired) electrons. The van der Waals surface area contributed by atoms with Crippen molar-refractivity contribution in [3.05, 3.63) is 11.3 Å². The molecule has 0 N–H and O–H groups in total. The van der Waals surface area contributed by atoms with Crippen LogP contribution in [-0.2, 0) is 21.7 Å². The molecule has 24 heavy (non-hydrogen) atoms. The van der Waals surface area contributed by atoms with E-state index in [-0.39, 0.29) is 12.1 Å². The summed E-state index contributed by atoms with van der Waals surface area (Å²) >= 11 is 0. The molecule has 0 fully saturated rings. The van der Waals surface area contributed by atoms with Gasteiger partial charge in [0.1, 0.15) is 5.60 Å². The zero-order chi connectivity index (χ0) is 18.5. The second kappa shape index (κ2) is 5.60. The van der Waals surface area contributed by atoms with Crippen LogP contribution in [0.2, 0.25) is 0 Å². The standard InChI is InChI=1S/C12H15F4N3O4S/c1-6-8(10(19(4)17-6)22-12(14,15)16)9(13)24(20,21)7-5-11(2,3)23-18-7/h9H,5H2,1-4H3. The molecule has 1 atom stereocenters. The van der Waals surface area contributed by atoms with E-state index in [2.05, 4.69) is 15.0 Å². The van der Waals surface area contributed by atoms with Gasteiger partial charge in [-0.05, 0) is 20.8 Å². The number of aromatic nitrogens is 2. The number of halogens is 4. The second-order valence-corrected chi connectivity index (χ2v) is 7.82. The fourth-order valence-corrected chi connectivity index (χ4v) is 3.69. The third-order valence-corrected chi connectivity index (χ3v) is 4.88. The Morgan fingerprint density at radius 3 is 2.42 bits per heavy atom. The van der Waals surface area contributed by atoms with Crippen LogP contribution >= 0.6 is 0 Å². The number of hydrogen-bond donors (Lipinski definition) is 0. The van der Waals surface area contributed by atoms with Gasteiger partial charge in [0.2, 0.25) is 21.2 Å². The molecule has 0 saturated carbocycles. The molecular formula is C12H15F4N3O4S. The lowest BCUT2D eigenvalue weighted by Gasteiger charge is -2.15. The first-order chi connectivity index (χ1) is 10.7. The molecule has 1 aliphatic heterocycles. The number of hydrogen-bond acceptors (Lipinski definition) is 6. The van der Waals surface area contributed by atoms with Crippen LogP contribution in [0.3, 0.4) is 0 Å². The maximum absolute atomic E-state index is 14.7. The first-order valence-corrected chi connectivity index (χ1v) is 8.21. The zero-order valence-electron chi connectivity index (χ0n) is 13.2. The summed E-state index contributed by atoms with van der Waals surface area (Å²) in [6.07, 6.45) is -5.33. The fourth-order valence-electron chi connectivity index (χ4n) is 2.18. The highest BCUT2D eigenvalue weighted by Crippen LogP contribution is 2.39. The highest BCUT2D eigenvalue weighted by molar-refractivity contribution is 8.06. The van der Waals surface area contributed by atoms with Gasteiger partial charge in [0.25, 0.3) is 0 Å². The molecule has 0 bridgehead atoms. The fraction of sp³-hybridized carbons (Fsp3) is 0.667. The Bertz CT molecular complexity index is 783. The number of sulfone groups is 1. The number of ether oxygens (including phenoxy) is 1. The predicted molar refractivity (Wildman–Crippen MR) is 74.6 cm³/mol. The summed E-state index contributed by atoms with van der Waals surface area (Å²) in [5, 5.41) is 6.36. The van der Waals surface area contributed by atoms with E-state index in [1.54, 1.807) is 13.8 Å². The van der Waals surface area contributed by atoms with Crippen LogP contribution in [0.5, 0.6) is 5.88 Å². The van der Waals surface area contributed by atoms with Crippen LogP contribution < -0.4 is 4.74 Å². The first-order valence-electron chi connectivity index (χ1n) is 6.67. The summed E-state index contributed by atoms with van der Waals surface area (Å²) in [7, 11) is -3.61. The van der Waals surface area contributed by atoms with E-state index >= 15 is 0 Å². The Labute approximate surface area is 135 Å². The summed E-state index contributed by atoms with van der Waals surface area (Å²) in [5.41, 5.74) is -4.83.